The quantitative estimate of drug-likeness (QED) is 0.699. The number of carboxylic acid groups (broad SMARTS) is 1. The molecule has 0 radical (unpaired) electrons. The van der Waals surface area contributed by atoms with Gasteiger partial charge in [0.15, 0.2) is 0 Å². The molecule has 2 rings (SSSR count). The molecule has 1 aliphatic heterocycles. The van der Waals surface area contributed by atoms with Gasteiger partial charge in [0.25, 0.3) is 5.24 Å². The number of carboxylic acids is 1. The van der Waals surface area contributed by atoms with Crippen LogP contribution in [-0.4, -0.2) is 61.0 Å². The highest BCUT2D eigenvalue weighted by molar-refractivity contribution is 8.13. The Kier molecular flexibility index (Phi) is 5.14. The number of carbonyl (C=O) groups excluding carboxylic acids is 2. The molecule has 0 atom stereocenters. The molecule has 0 spiro atoms. The van der Waals surface area contributed by atoms with Gasteiger partial charge in [-0.05, 0) is 0 Å². The molecular weight excluding hydrogens is 298 g/mol. The lowest BCUT2D eigenvalue weighted by molar-refractivity contribution is -0.138. The Morgan fingerprint density at radius 3 is 2.95 bits per heavy atom. The van der Waals surface area contributed by atoms with E-state index in [0.717, 1.165) is 5.75 Å². The molecule has 2 heterocycles. The van der Waals surface area contributed by atoms with Crippen molar-refractivity contribution in [2.75, 3.05) is 18.8 Å². The van der Waals surface area contributed by atoms with Crippen LogP contribution < -0.4 is 5.32 Å². The normalized spacial score (nSPS) is 14.5. The zero-order valence-corrected chi connectivity index (χ0v) is 12.0. The number of rotatable bonds is 7. The lowest BCUT2D eigenvalue weighted by Crippen LogP contribution is -2.30. The predicted octanol–water partition coefficient (Wildman–Crippen LogP) is -0.462. The summed E-state index contributed by atoms with van der Waals surface area (Å²) in [6.07, 6.45) is 1.70. The van der Waals surface area contributed by atoms with Gasteiger partial charge in [-0.15, -0.1) is 5.10 Å². The average molecular weight is 313 g/mol. The monoisotopic (exact) mass is 313 g/mol. The molecule has 1 aliphatic rings. The highest BCUT2D eigenvalue weighted by Gasteiger charge is 2.21. The summed E-state index contributed by atoms with van der Waals surface area (Å²) >= 11 is 1.26. The molecule has 9 nitrogen and oxygen atoms in total. The molecule has 2 N–H and O–H groups in total. The number of nitrogens with one attached hydrogen (secondary N) is 1. The maximum absolute atomic E-state index is 11.7. The summed E-state index contributed by atoms with van der Waals surface area (Å²) in [7, 11) is 0. The van der Waals surface area contributed by atoms with E-state index in [4.69, 9.17) is 5.11 Å². The second kappa shape index (κ2) is 7.07. The van der Waals surface area contributed by atoms with E-state index in [1.165, 1.54) is 22.6 Å². The minimum atomic E-state index is -1.01. The van der Waals surface area contributed by atoms with Crippen molar-refractivity contribution in [2.45, 2.75) is 19.5 Å². The molecule has 21 heavy (non-hydrogen) atoms. The van der Waals surface area contributed by atoms with Gasteiger partial charge in [-0.2, -0.15) is 0 Å². The molecular formula is C11H15N5O4S. The number of hydrogen-bond donors (Lipinski definition) is 2. The molecule has 0 bridgehead atoms. The van der Waals surface area contributed by atoms with E-state index in [9.17, 15) is 14.4 Å². The maximum atomic E-state index is 11.7. The lowest BCUT2D eigenvalue weighted by atomic mass is 10.3. The molecule has 0 unspecified atom stereocenters. The standard InChI is InChI=1S/C11H15N5O4S/c17-9(1-2-15-3-4-21-11(15)20)12-5-8-6-16(14-13-8)7-10(18)19/h6H,1-5,7H2,(H,12,17)(H,18,19). The van der Waals surface area contributed by atoms with Crippen LogP contribution in [0.3, 0.4) is 0 Å². The van der Waals surface area contributed by atoms with Crippen molar-refractivity contribution in [1.82, 2.24) is 25.2 Å². The van der Waals surface area contributed by atoms with Gasteiger partial charge in [0.1, 0.15) is 12.2 Å². The van der Waals surface area contributed by atoms with Crippen LogP contribution in [0.25, 0.3) is 0 Å². The van der Waals surface area contributed by atoms with Crippen molar-refractivity contribution in [3.05, 3.63) is 11.9 Å². The zero-order chi connectivity index (χ0) is 15.2. The average Bonchev–Trinajstić information content (AvgIpc) is 3.02. The van der Waals surface area contributed by atoms with Gasteiger partial charge in [-0.1, -0.05) is 17.0 Å². The minimum absolute atomic E-state index is 0.0133. The van der Waals surface area contributed by atoms with Crippen molar-refractivity contribution >= 4 is 28.9 Å². The Bertz CT molecular complexity index is 546. The summed E-state index contributed by atoms with van der Waals surface area (Å²) in [5, 5.41) is 18.7. The topological polar surface area (TPSA) is 117 Å². The summed E-state index contributed by atoms with van der Waals surface area (Å²) in [5.41, 5.74) is 0.484. The number of aromatic nitrogens is 3. The Hall–Kier alpha value is -2.10. The van der Waals surface area contributed by atoms with Gasteiger partial charge >= 0.3 is 5.97 Å². The molecule has 0 aromatic carbocycles. The van der Waals surface area contributed by atoms with Crippen LogP contribution in [0.2, 0.25) is 0 Å². The second-order valence-corrected chi connectivity index (χ2v) is 5.48. The molecule has 2 amide bonds. The first-order valence-corrected chi connectivity index (χ1v) is 7.32. The van der Waals surface area contributed by atoms with Crippen molar-refractivity contribution in [3.8, 4) is 0 Å². The molecule has 1 aromatic rings. The van der Waals surface area contributed by atoms with Gasteiger partial charge in [-0.3, -0.25) is 14.4 Å². The fourth-order valence-corrected chi connectivity index (χ4v) is 2.63. The van der Waals surface area contributed by atoms with Crippen LogP contribution in [0.1, 0.15) is 12.1 Å². The Balaban J connectivity index is 1.69. The van der Waals surface area contributed by atoms with Crippen molar-refractivity contribution < 1.29 is 19.5 Å². The number of carbonyl (C=O) groups is 3. The molecule has 0 aliphatic carbocycles. The summed E-state index contributed by atoms with van der Waals surface area (Å²) in [6, 6.07) is 0. The van der Waals surface area contributed by atoms with E-state index in [-0.39, 0.29) is 30.7 Å². The maximum Gasteiger partial charge on any atom is 0.325 e. The Labute approximate surface area is 124 Å². The van der Waals surface area contributed by atoms with E-state index in [0.29, 0.717) is 18.8 Å². The fraction of sp³-hybridized carbons (Fsp3) is 0.545. The first kappa shape index (κ1) is 15.3. The Morgan fingerprint density at radius 2 is 2.29 bits per heavy atom. The second-order valence-electron chi connectivity index (χ2n) is 4.43. The molecule has 10 heteroatoms. The molecule has 1 fully saturated rings. The summed E-state index contributed by atoms with van der Waals surface area (Å²) < 4.78 is 1.18. The number of hydrogen-bond acceptors (Lipinski definition) is 6. The number of thioether (sulfide) groups is 1. The molecule has 114 valence electrons. The van der Waals surface area contributed by atoms with Crippen LogP contribution in [0, 0.1) is 0 Å². The van der Waals surface area contributed by atoms with E-state index < -0.39 is 5.97 Å². The highest BCUT2D eigenvalue weighted by Crippen LogP contribution is 2.16. The SMILES string of the molecule is O=C(O)Cn1cc(CNC(=O)CCN2CCSC2=O)nn1. The van der Waals surface area contributed by atoms with Gasteiger partial charge in [0, 0.05) is 25.3 Å². The minimum Gasteiger partial charge on any atom is -0.480 e. The number of nitrogens with zero attached hydrogens (tertiary/aromatic N) is 4. The van der Waals surface area contributed by atoms with Gasteiger partial charge < -0.3 is 15.3 Å². The zero-order valence-electron chi connectivity index (χ0n) is 11.2. The van der Waals surface area contributed by atoms with Gasteiger partial charge in [0.2, 0.25) is 5.91 Å². The Morgan fingerprint density at radius 1 is 1.48 bits per heavy atom. The van der Waals surface area contributed by atoms with E-state index in [1.807, 2.05) is 0 Å². The predicted molar refractivity (Wildman–Crippen MR) is 73.5 cm³/mol. The summed E-state index contributed by atoms with van der Waals surface area (Å²) in [6.45, 7) is 1.00. The fourth-order valence-electron chi connectivity index (χ4n) is 1.78. The largest absolute Gasteiger partial charge is 0.480 e. The third-order valence-electron chi connectivity index (χ3n) is 2.80. The molecule has 0 saturated carbocycles. The number of amides is 2. The first-order valence-electron chi connectivity index (χ1n) is 6.34. The van der Waals surface area contributed by atoms with E-state index >= 15 is 0 Å². The third kappa shape index (κ3) is 4.74. The smallest absolute Gasteiger partial charge is 0.325 e. The van der Waals surface area contributed by atoms with Crippen LogP contribution in [0.5, 0.6) is 0 Å². The van der Waals surface area contributed by atoms with E-state index in [1.54, 1.807) is 4.90 Å². The molecule has 1 saturated heterocycles. The van der Waals surface area contributed by atoms with Crippen molar-refractivity contribution in [1.29, 1.82) is 0 Å². The number of aliphatic carboxylic acids is 1. The van der Waals surface area contributed by atoms with Crippen LogP contribution >= 0.6 is 11.8 Å². The van der Waals surface area contributed by atoms with Crippen LogP contribution in [-0.2, 0) is 22.7 Å². The highest BCUT2D eigenvalue weighted by atomic mass is 32.2. The van der Waals surface area contributed by atoms with Gasteiger partial charge in [0.05, 0.1) is 12.7 Å². The first-order chi connectivity index (χ1) is 10.0. The summed E-state index contributed by atoms with van der Waals surface area (Å²) in [5.74, 6) is -0.427. The summed E-state index contributed by atoms with van der Waals surface area (Å²) in [4.78, 5) is 35.1. The lowest BCUT2D eigenvalue weighted by Gasteiger charge is -2.13. The van der Waals surface area contributed by atoms with Crippen molar-refractivity contribution in [2.24, 2.45) is 0 Å². The molecule has 1 aromatic heterocycles. The van der Waals surface area contributed by atoms with Crippen LogP contribution in [0.4, 0.5) is 4.79 Å². The van der Waals surface area contributed by atoms with Gasteiger partial charge in [-0.25, -0.2) is 4.68 Å². The van der Waals surface area contributed by atoms with Crippen LogP contribution in [0.15, 0.2) is 6.20 Å². The van der Waals surface area contributed by atoms with E-state index in [2.05, 4.69) is 15.6 Å². The third-order valence-corrected chi connectivity index (χ3v) is 3.70. The van der Waals surface area contributed by atoms with Crippen molar-refractivity contribution in [3.63, 3.8) is 0 Å².